The second kappa shape index (κ2) is 8.26. The van der Waals surface area contributed by atoms with Crippen LogP contribution in [0.2, 0.25) is 0 Å². The molecule has 1 aliphatic rings. The van der Waals surface area contributed by atoms with Crippen molar-refractivity contribution in [3.63, 3.8) is 0 Å². The number of carbonyl (C=O) groups excluding carboxylic acids is 1. The standard InChI is InChI=1S/C24H25NO2/c26-24(25-17-15-20(16-18-25)19-7-3-1-4-8-19)14-12-22-11-13-23(27-22)21-9-5-2-6-10-21/h1-11,13,20H,12,14-18H2. The van der Waals surface area contributed by atoms with Crippen LogP contribution >= 0.6 is 0 Å². The lowest BCUT2D eigenvalue weighted by molar-refractivity contribution is -0.132. The van der Waals surface area contributed by atoms with Gasteiger partial charge in [0, 0.05) is 31.5 Å². The number of nitrogens with zero attached hydrogens (tertiary/aromatic N) is 1. The second-order valence-corrected chi connectivity index (χ2v) is 7.20. The smallest absolute Gasteiger partial charge is 0.223 e. The quantitative estimate of drug-likeness (QED) is 0.620. The third-order valence-corrected chi connectivity index (χ3v) is 5.42. The van der Waals surface area contributed by atoms with Crippen molar-refractivity contribution in [2.75, 3.05) is 13.1 Å². The minimum atomic E-state index is 0.235. The molecule has 3 nitrogen and oxygen atoms in total. The van der Waals surface area contributed by atoms with E-state index in [2.05, 4.69) is 30.3 Å². The molecule has 0 spiro atoms. The highest BCUT2D eigenvalue weighted by Gasteiger charge is 2.23. The van der Waals surface area contributed by atoms with E-state index < -0.39 is 0 Å². The number of likely N-dealkylation sites (tertiary alicyclic amines) is 1. The van der Waals surface area contributed by atoms with Crippen LogP contribution in [0.4, 0.5) is 0 Å². The highest BCUT2D eigenvalue weighted by Crippen LogP contribution is 2.28. The van der Waals surface area contributed by atoms with Crippen molar-refractivity contribution in [1.29, 1.82) is 0 Å². The lowest BCUT2D eigenvalue weighted by Crippen LogP contribution is -2.38. The molecule has 0 bridgehead atoms. The number of aryl methyl sites for hydroxylation is 1. The van der Waals surface area contributed by atoms with E-state index in [-0.39, 0.29) is 5.91 Å². The Morgan fingerprint density at radius 1 is 0.889 bits per heavy atom. The minimum absolute atomic E-state index is 0.235. The van der Waals surface area contributed by atoms with Gasteiger partial charge in [-0.25, -0.2) is 0 Å². The summed E-state index contributed by atoms with van der Waals surface area (Å²) < 4.78 is 5.91. The van der Waals surface area contributed by atoms with Gasteiger partial charge in [0.2, 0.25) is 5.91 Å². The summed E-state index contributed by atoms with van der Waals surface area (Å²) in [6, 6.07) is 24.7. The third kappa shape index (κ3) is 4.30. The van der Waals surface area contributed by atoms with Crippen LogP contribution in [-0.4, -0.2) is 23.9 Å². The van der Waals surface area contributed by atoms with E-state index in [1.807, 2.05) is 47.4 Å². The minimum Gasteiger partial charge on any atom is -0.461 e. The maximum atomic E-state index is 12.6. The van der Waals surface area contributed by atoms with Crippen LogP contribution in [-0.2, 0) is 11.2 Å². The zero-order chi connectivity index (χ0) is 18.5. The van der Waals surface area contributed by atoms with Gasteiger partial charge in [-0.3, -0.25) is 4.79 Å². The third-order valence-electron chi connectivity index (χ3n) is 5.42. The lowest BCUT2D eigenvalue weighted by Gasteiger charge is -2.32. The Kier molecular flexibility index (Phi) is 5.38. The highest BCUT2D eigenvalue weighted by molar-refractivity contribution is 5.76. The molecule has 3 heteroatoms. The Bertz CT molecular complexity index is 862. The SMILES string of the molecule is O=C(CCc1ccc(-c2ccccc2)o1)N1CCC(c2ccccc2)CC1. The Labute approximate surface area is 160 Å². The highest BCUT2D eigenvalue weighted by atomic mass is 16.3. The number of hydrogen-bond acceptors (Lipinski definition) is 2. The van der Waals surface area contributed by atoms with Gasteiger partial charge in [-0.15, -0.1) is 0 Å². The molecule has 0 atom stereocenters. The fraction of sp³-hybridized carbons (Fsp3) is 0.292. The van der Waals surface area contributed by atoms with E-state index in [0.717, 1.165) is 43.0 Å². The van der Waals surface area contributed by atoms with Crippen molar-refractivity contribution < 1.29 is 9.21 Å². The molecule has 27 heavy (non-hydrogen) atoms. The number of hydrogen-bond donors (Lipinski definition) is 0. The van der Waals surface area contributed by atoms with E-state index in [9.17, 15) is 4.79 Å². The number of carbonyl (C=O) groups is 1. The molecule has 3 aromatic rings. The molecule has 0 N–H and O–H groups in total. The average molecular weight is 359 g/mol. The van der Waals surface area contributed by atoms with Crippen molar-refractivity contribution in [1.82, 2.24) is 4.90 Å². The number of furan rings is 1. The van der Waals surface area contributed by atoms with Gasteiger partial charge in [-0.2, -0.15) is 0 Å². The van der Waals surface area contributed by atoms with E-state index in [1.54, 1.807) is 0 Å². The number of amides is 1. The zero-order valence-corrected chi connectivity index (χ0v) is 15.5. The summed E-state index contributed by atoms with van der Waals surface area (Å²) in [5.41, 5.74) is 2.46. The zero-order valence-electron chi connectivity index (χ0n) is 15.5. The Morgan fingerprint density at radius 3 is 2.26 bits per heavy atom. The van der Waals surface area contributed by atoms with Crippen molar-refractivity contribution >= 4 is 5.91 Å². The molecule has 0 unspecified atom stereocenters. The topological polar surface area (TPSA) is 33.5 Å². The van der Waals surface area contributed by atoms with Crippen LogP contribution in [0.25, 0.3) is 11.3 Å². The first-order valence-corrected chi connectivity index (χ1v) is 9.76. The van der Waals surface area contributed by atoms with Crippen LogP contribution in [0, 0.1) is 0 Å². The molecule has 1 saturated heterocycles. The fourth-order valence-electron chi connectivity index (χ4n) is 3.85. The number of piperidine rings is 1. The van der Waals surface area contributed by atoms with Gasteiger partial charge < -0.3 is 9.32 Å². The van der Waals surface area contributed by atoms with Crippen molar-refractivity contribution in [2.45, 2.75) is 31.6 Å². The molecule has 1 aliphatic heterocycles. The van der Waals surface area contributed by atoms with Crippen LogP contribution < -0.4 is 0 Å². The van der Waals surface area contributed by atoms with Crippen LogP contribution in [0.1, 0.15) is 36.5 Å². The van der Waals surface area contributed by atoms with Crippen LogP contribution in [0.3, 0.4) is 0 Å². The molecule has 1 aromatic heterocycles. The maximum absolute atomic E-state index is 12.6. The monoisotopic (exact) mass is 359 g/mol. The number of benzene rings is 2. The van der Waals surface area contributed by atoms with Crippen molar-refractivity contribution in [2.24, 2.45) is 0 Å². The van der Waals surface area contributed by atoms with Crippen molar-refractivity contribution in [3.05, 3.63) is 84.1 Å². The number of rotatable bonds is 5. The molecular formula is C24H25NO2. The van der Waals surface area contributed by atoms with Gasteiger partial charge in [0.1, 0.15) is 11.5 Å². The van der Waals surface area contributed by atoms with Crippen molar-refractivity contribution in [3.8, 4) is 11.3 Å². The molecule has 2 heterocycles. The summed E-state index contributed by atoms with van der Waals surface area (Å²) >= 11 is 0. The molecule has 0 saturated carbocycles. The summed E-state index contributed by atoms with van der Waals surface area (Å²) in [4.78, 5) is 14.6. The van der Waals surface area contributed by atoms with Gasteiger partial charge >= 0.3 is 0 Å². The predicted octanol–water partition coefficient (Wildman–Crippen LogP) is 5.29. The van der Waals surface area contributed by atoms with E-state index in [4.69, 9.17) is 4.42 Å². The van der Waals surface area contributed by atoms with Gasteiger partial charge in [0.05, 0.1) is 0 Å². The summed E-state index contributed by atoms with van der Waals surface area (Å²) in [7, 11) is 0. The largest absolute Gasteiger partial charge is 0.461 e. The molecule has 0 radical (unpaired) electrons. The lowest BCUT2D eigenvalue weighted by atomic mass is 9.89. The van der Waals surface area contributed by atoms with Crippen LogP contribution in [0.5, 0.6) is 0 Å². The first-order valence-electron chi connectivity index (χ1n) is 9.76. The molecule has 0 aliphatic carbocycles. The molecule has 1 fully saturated rings. The van der Waals surface area contributed by atoms with E-state index in [0.29, 0.717) is 18.8 Å². The summed E-state index contributed by atoms with van der Waals surface area (Å²) in [6.45, 7) is 1.71. The molecule has 2 aromatic carbocycles. The van der Waals surface area contributed by atoms with Gasteiger partial charge in [0.15, 0.2) is 0 Å². The summed E-state index contributed by atoms with van der Waals surface area (Å²) in [5.74, 6) is 2.55. The van der Waals surface area contributed by atoms with E-state index in [1.165, 1.54) is 5.56 Å². The Balaban J connectivity index is 1.27. The Hall–Kier alpha value is -2.81. The average Bonchev–Trinajstić information content (AvgIpc) is 3.22. The first-order chi connectivity index (χ1) is 13.3. The molecule has 4 rings (SSSR count). The Morgan fingerprint density at radius 2 is 1.56 bits per heavy atom. The maximum Gasteiger partial charge on any atom is 0.223 e. The summed E-state index contributed by atoms with van der Waals surface area (Å²) in [6.07, 6.45) is 3.27. The first kappa shape index (κ1) is 17.6. The van der Waals surface area contributed by atoms with Gasteiger partial charge in [-0.05, 0) is 36.5 Å². The summed E-state index contributed by atoms with van der Waals surface area (Å²) in [5, 5.41) is 0. The molecule has 138 valence electrons. The normalized spacial score (nSPS) is 15.0. The van der Waals surface area contributed by atoms with Gasteiger partial charge in [0.25, 0.3) is 0 Å². The van der Waals surface area contributed by atoms with Gasteiger partial charge in [-0.1, -0.05) is 60.7 Å². The molecule has 1 amide bonds. The fourth-order valence-corrected chi connectivity index (χ4v) is 3.85. The predicted molar refractivity (Wildman–Crippen MR) is 107 cm³/mol. The van der Waals surface area contributed by atoms with Crippen LogP contribution in [0.15, 0.2) is 77.2 Å². The van der Waals surface area contributed by atoms with E-state index >= 15 is 0 Å². The second-order valence-electron chi connectivity index (χ2n) is 7.20. The molecular weight excluding hydrogens is 334 g/mol.